The van der Waals surface area contributed by atoms with Gasteiger partial charge in [-0.1, -0.05) is 6.92 Å². The molecule has 6 nitrogen and oxygen atoms in total. The Morgan fingerprint density at radius 2 is 2.30 bits per heavy atom. The van der Waals surface area contributed by atoms with E-state index in [0.717, 1.165) is 38.2 Å². The predicted molar refractivity (Wildman–Crippen MR) is 78.6 cm³/mol. The molecule has 1 aromatic rings. The van der Waals surface area contributed by atoms with Crippen LogP contribution in [0.15, 0.2) is 18.2 Å². The average Bonchev–Trinajstić information content (AvgIpc) is 2.98. The molecular formula is C14H21N3O3. The smallest absolute Gasteiger partial charge is 0.275 e. The van der Waals surface area contributed by atoms with Crippen molar-refractivity contribution in [2.24, 2.45) is 0 Å². The van der Waals surface area contributed by atoms with Crippen molar-refractivity contribution in [3.8, 4) is 5.75 Å². The molecular weight excluding hydrogens is 258 g/mol. The second kappa shape index (κ2) is 6.56. The molecule has 1 fully saturated rings. The topological polar surface area (TPSA) is 67.6 Å². The largest absolute Gasteiger partial charge is 0.496 e. The van der Waals surface area contributed by atoms with Gasteiger partial charge in [0, 0.05) is 37.0 Å². The van der Waals surface area contributed by atoms with Gasteiger partial charge in [0.15, 0.2) is 0 Å². The van der Waals surface area contributed by atoms with Crippen LogP contribution < -0.4 is 15.0 Å². The van der Waals surface area contributed by atoms with Crippen LogP contribution in [0, 0.1) is 10.1 Å². The number of anilines is 1. The number of nitrogens with one attached hydrogen (secondary N) is 1. The Morgan fingerprint density at radius 1 is 1.50 bits per heavy atom. The molecule has 1 heterocycles. The zero-order valence-corrected chi connectivity index (χ0v) is 12.0. The van der Waals surface area contributed by atoms with Gasteiger partial charge in [0.05, 0.1) is 18.1 Å². The summed E-state index contributed by atoms with van der Waals surface area (Å²) in [5.74, 6) is 0.529. The molecule has 110 valence electrons. The number of hydrogen-bond donors (Lipinski definition) is 1. The molecule has 0 aliphatic carbocycles. The molecule has 1 aromatic carbocycles. The van der Waals surface area contributed by atoms with E-state index in [1.54, 1.807) is 6.07 Å². The lowest BCUT2D eigenvalue weighted by atomic mass is 10.1. The number of benzene rings is 1. The third-order valence-electron chi connectivity index (χ3n) is 3.59. The van der Waals surface area contributed by atoms with Crippen LogP contribution in [0.4, 0.5) is 11.4 Å². The first kappa shape index (κ1) is 14.6. The molecule has 1 unspecified atom stereocenters. The zero-order valence-electron chi connectivity index (χ0n) is 12.0. The van der Waals surface area contributed by atoms with E-state index in [2.05, 4.69) is 17.1 Å². The summed E-state index contributed by atoms with van der Waals surface area (Å²) in [7, 11) is 1.53. The van der Waals surface area contributed by atoms with Crippen LogP contribution in [0.2, 0.25) is 0 Å². The molecule has 1 aliphatic heterocycles. The van der Waals surface area contributed by atoms with Gasteiger partial charge in [-0.25, -0.2) is 0 Å². The summed E-state index contributed by atoms with van der Waals surface area (Å²) in [6.45, 7) is 4.92. The predicted octanol–water partition coefficient (Wildman–Crippen LogP) is 2.18. The van der Waals surface area contributed by atoms with Crippen LogP contribution in [-0.4, -0.2) is 37.7 Å². The summed E-state index contributed by atoms with van der Waals surface area (Å²) in [6.07, 6.45) is 2.06. The summed E-state index contributed by atoms with van der Waals surface area (Å²) in [4.78, 5) is 12.9. The number of nitro groups is 1. The van der Waals surface area contributed by atoms with Crippen LogP contribution in [0.25, 0.3) is 0 Å². The van der Waals surface area contributed by atoms with E-state index in [1.807, 2.05) is 6.07 Å². The highest BCUT2D eigenvalue weighted by atomic mass is 16.6. The second-order valence-electron chi connectivity index (χ2n) is 4.99. The number of non-ortho nitro benzene ring substituents is 1. The van der Waals surface area contributed by atoms with Gasteiger partial charge < -0.3 is 15.0 Å². The third-order valence-corrected chi connectivity index (χ3v) is 3.59. The molecule has 1 saturated heterocycles. The highest BCUT2D eigenvalue weighted by molar-refractivity contribution is 5.58. The number of ether oxygens (including phenoxy) is 1. The van der Waals surface area contributed by atoms with Gasteiger partial charge in [0.25, 0.3) is 5.69 Å². The number of hydrogen-bond acceptors (Lipinski definition) is 5. The maximum Gasteiger partial charge on any atom is 0.275 e. The summed E-state index contributed by atoms with van der Waals surface area (Å²) in [6, 6.07) is 5.36. The normalized spacial score (nSPS) is 18.0. The molecule has 2 rings (SSSR count). The summed E-state index contributed by atoms with van der Waals surface area (Å²) >= 11 is 0. The molecule has 0 bridgehead atoms. The molecule has 0 spiro atoms. The summed E-state index contributed by atoms with van der Waals surface area (Å²) in [5.41, 5.74) is 0.943. The Labute approximate surface area is 118 Å². The summed E-state index contributed by atoms with van der Waals surface area (Å²) < 4.78 is 5.19. The molecule has 1 atom stereocenters. The third kappa shape index (κ3) is 3.19. The number of nitro benzene ring substituents is 1. The van der Waals surface area contributed by atoms with Crippen molar-refractivity contribution in [3.05, 3.63) is 28.3 Å². The van der Waals surface area contributed by atoms with E-state index in [0.29, 0.717) is 11.8 Å². The fourth-order valence-electron chi connectivity index (χ4n) is 2.63. The van der Waals surface area contributed by atoms with E-state index >= 15 is 0 Å². The lowest BCUT2D eigenvalue weighted by molar-refractivity contribution is -0.384. The van der Waals surface area contributed by atoms with Crippen molar-refractivity contribution >= 4 is 11.4 Å². The van der Waals surface area contributed by atoms with E-state index in [9.17, 15) is 10.1 Å². The molecule has 6 heteroatoms. The first-order chi connectivity index (χ1) is 9.65. The average molecular weight is 279 g/mol. The van der Waals surface area contributed by atoms with Crippen molar-refractivity contribution in [2.45, 2.75) is 25.8 Å². The number of nitrogens with zero attached hydrogens (tertiary/aromatic N) is 2. The Morgan fingerprint density at radius 3 is 2.85 bits per heavy atom. The van der Waals surface area contributed by atoms with Crippen molar-refractivity contribution in [1.29, 1.82) is 0 Å². The monoisotopic (exact) mass is 279 g/mol. The molecule has 1 N–H and O–H groups in total. The molecule has 20 heavy (non-hydrogen) atoms. The van der Waals surface area contributed by atoms with Gasteiger partial charge >= 0.3 is 0 Å². The maximum atomic E-state index is 11.0. The molecule has 1 aliphatic rings. The van der Waals surface area contributed by atoms with Crippen LogP contribution in [-0.2, 0) is 0 Å². The van der Waals surface area contributed by atoms with Crippen LogP contribution in [0.1, 0.15) is 19.8 Å². The zero-order chi connectivity index (χ0) is 14.5. The second-order valence-corrected chi connectivity index (χ2v) is 4.99. The van der Waals surface area contributed by atoms with Crippen LogP contribution >= 0.6 is 0 Å². The molecule has 0 amide bonds. The van der Waals surface area contributed by atoms with Gasteiger partial charge in [-0.3, -0.25) is 10.1 Å². The molecule has 0 saturated carbocycles. The lowest BCUT2D eigenvalue weighted by Gasteiger charge is -2.30. The van der Waals surface area contributed by atoms with Gasteiger partial charge in [-0.15, -0.1) is 0 Å². The molecule has 0 aromatic heterocycles. The minimum absolute atomic E-state index is 0.0754. The van der Waals surface area contributed by atoms with Gasteiger partial charge in [0.1, 0.15) is 5.75 Å². The molecule has 0 radical (unpaired) electrons. The SMILES string of the molecule is CCCN(c1cc(OC)cc([N+](=O)[O-])c1)C1CCNC1. The van der Waals surface area contributed by atoms with Crippen LogP contribution in [0.5, 0.6) is 5.75 Å². The van der Waals surface area contributed by atoms with Crippen molar-refractivity contribution in [1.82, 2.24) is 5.32 Å². The van der Waals surface area contributed by atoms with Crippen molar-refractivity contribution < 1.29 is 9.66 Å². The quantitative estimate of drug-likeness (QED) is 0.638. The minimum atomic E-state index is -0.372. The van der Waals surface area contributed by atoms with Crippen molar-refractivity contribution in [2.75, 3.05) is 31.6 Å². The minimum Gasteiger partial charge on any atom is -0.496 e. The Balaban J connectivity index is 2.35. The standard InChI is InChI=1S/C14H21N3O3/c1-3-6-16(11-4-5-15-10-11)12-7-13(17(18)19)9-14(8-12)20-2/h7-9,11,15H,3-6,10H2,1-2H3. The lowest BCUT2D eigenvalue weighted by Crippen LogP contribution is -2.37. The fourth-order valence-corrected chi connectivity index (χ4v) is 2.63. The van der Waals surface area contributed by atoms with Crippen LogP contribution in [0.3, 0.4) is 0 Å². The van der Waals surface area contributed by atoms with E-state index in [-0.39, 0.29) is 10.6 Å². The Bertz CT molecular complexity index is 473. The van der Waals surface area contributed by atoms with Gasteiger partial charge in [0.2, 0.25) is 0 Å². The van der Waals surface area contributed by atoms with E-state index in [1.165, 1.54) is 13.2 Å². The summed E-state index contributed by atoms with van der Waals surface area (Å²) in [5, 5.41) is 14.4. The highest BCUT2D eigenvalue weighted by Crippen LogP contribution is 2.30. The van der Waals surface area contributed by atoms with E-state index < -0.39 is 0 Å². The first-order valence-electron chi connectivity index (χ1n) is 6.96. The highest BCUT2D eigenvalue weighted by Gasteiger charge is 2.24. The van der Waals surface area contributed by atoms with Gasteiger partial charge in [-0.05, 0) is 19.4 Å². The Kier molecular flexibility index (Phi) is 4.79. The van der Waals surface area contributed by atoms with E-state index in [4.69, 9.17) is 4.74 Å². The Hall–Kier alpha value is -1.82. The fraction of sp³-hybridized carbons (Fsp3) is 0.571. The number of methoxy groups -OCH3 is 1. The first-order valence-corrected chi connectivity index (χ1v) is 6.96. The van der Waals surface area contributed by atoms with Gasteiger partial charge in [-0.2, -0.15) is 0 Å². The maximum absolute atomic E-state index is 11.0. The van der Waals surface area contributed by atoms with Crippen molar-refractivity contribution in [3.63, 3.8) is 0 Å². The number of rotatable bonds is 6.